The van der Waals surface area contributed by atoms with Crippen molar-refractivity contribution in [2.75, 3.05) is 13.1 Å². The van der Waals surface area contributed by atoms with Crippen molar-refractivity contribution in [2.24, 2.45) is 0 Å². The molecule has 0 aromatic rings. The fraction of sp³-hybridized carbons (Fsp3) is 0.857. The third-order valence-electron chi connectivity index (χ3n) is 3.79. The van der Waals surface area contributed by atoms with Gasteiger partial charge in [0.2, 0.25) is 0 Å². The Bertz CT molecular complexity index is 372. The van der Waals surface area contributed by atoms with Gasteiger partial charge in [-0.05, 0) is 41.5 Å². The second-order valence-electron chi connectivity index (χ2n) is 6.71. The molecule has 0 radical (unpaired) electrons. The first-order valence-corrected chi connectivity index (χ1v) is 7.24. The van der Waals surface area contributed by atoms with Crippen molar-refractivity contribution in [3.63, 3.8) is 0 Å². The van der Waals surface area contributed by atoms with Crippen LogP contribution >= 0.6 is 0 Å². The number of hydrogen-bond donors (Lipinski definition) is 3. The second kappa shape index (κ2) is 6.10. The van der Waals surface area contributed by atoms with Gasteiger partial charge in [-0.1, -0.05) is 0 Å². The molecule has 0 aromatic heterocycles. The summed E-state index contributed by atoms with van der Waals surface area (Å²) in [6, 6.07) is 0.336. The Morgan fingerprint density at radius 3 is 2.05 bits per heavy atom. The average molecular weight is 286 g/mol. The van der Waals surface area contributed by atoms with Crippen LogP contribution in [0.25, 0.3) is 0 Å². The fourth-order valence-corrected chi connectivity index (χ4v) is 2.67. The third-order valence-corrected chi connectivity index (χ3v) is 3.79. The minimum absolute atomic E-state index is 0.0526. The quantitative estimate of drug-likeness (QED) is 0.570. The van der Waals surface area contributed by atoms with Gasteiger partial charge in [-0.2, -0.15) is 0 Å². The summed E-state index contributed by atoms with van der Waals surface area (Å²) in [6.07, 6.45) is -0.710. The lowest BCUT2D eigenvalue weighted by Crippen LogP contribution is -3.18. The van der Waals surface area contributed by atoms with E-state index in [0.717, 1.165) is 4.90 Å². The van der Waals surface area contributed by atoms with E-state index in [9.17, 15) is 14.7 Å². The van der Waals surface area contributed by atoms with Gasteiger partial charge in [0.25, 0.3) is 5.91 Å². The Kier molecular flexibility index (Phi) is 5.15. The van der Waals surface area contributed by atoms with E-state index in [1.54, 1.807) is 13.8 Å². The summed E-state index contributed by atoms with van der Waals surface area (Å²) in [4.78, 5) is 26.2. The summed E-state index contributed by atoms with van der Waals surface area (Å²) >= 11 is 0. The molecule has 1 fully saturated rings. The highest BCUT2D eigenvalue weighted by molar-refractivity contribution is 6.06. The molecule has 1 rings (SSSR count). The molecule has 1 heterocycles. The van der Waals surface area contributed by atoms with Crippen LogP contribution in [-0.4, -0.2) is 58.8 Å². The molecule has 116 valence electrons. The minimum Gasteiger partial charge on any atom is -0.385 e. The zero-order chi connectivity index (χ0) is 15.7. The number of imide groups is 1. The molecule has 1 saturated heterocycles. The van der Waals surface area contributed by atoms with Crippen molar-refractivity contribution in [3.05, 3.63) is 0 Å². The molecule has 0 bridgehead atoms. The highest BCUT2D eigenvalue weighted by Gasteiger charge is 2.45. The lowest BCUT2D eigenvalue weighted by molar-refractivity contribution is -0.944. The van der Waals surface area contributed by atoms with Crippen molar-refractivity contribution in [1.29, 1.82) is 0 Å². The molecule has 3 N–H and O–H groups in total. The zero-order valence-corrected chi connectivity index (χ0v) is 13.4. The van der Waals surface area contributed by atoms with E-state index in [1.807, 2.05) is 0 Å². The number of nitrogens with one attached hydrogen (secondary N) is 2. The molecule has 0 unspecified atom stereocenters. The smallest absolute Gasteiger partial charge is 0.325 e. The first-order valence-electron chi connectivity index (χ1n) is 7.24. The number of β-amino-alcohol motifs (C(OH)–C–C–N with tert-alkyl or cyclic N) is 1. The van der Waals surface area contributed by atoms with Gasteiger partial charge in [0.1, 0.15) is 18.2 Å². The van der Waals surface area contributed by atoms with Gasteiger partial charge in [-0.25, -0.2) is 4.79 Å². The number of aliphatic hydroxyl groups is 1. The molecule has 20 heavy (non-hydrogen) atoms. The number of rotatable bonds is 6. The van der Waals surface area contributed by atoms with Crippen LogP contribution in [0.15, 0.2) is 0 Å². The SMILES string of the molecule is CC(C)[NH+](C[C@@H](O)CN1C(=O)NC(C)(C)C1=O)C(C)C. The van der Waals surface area contributed by atoms with Crippen molar-refractivity contribution < 1.29 is 19.6 Å². The van der Waals surface area contributed by atoms with Gasteiger partial charge < -0.3 is 15.3 Å². The molecule has 1 aliphatic rings. The third kappa shape index (κ3) is 3.70. The average Bonchev–Trinajstić information content (AvgIpc) is 2.47. The first-order chi connectivity index (χ1) is 9.06. The largest absolute Gasteiger partial charge is 0.385 e. The van der Waals surface area contributed by atoms with E-state index < -0.39 is 17.7 Å². The first kappa shape index (κ1) is 16.9. The number of carbonyl (C=O) groups excluding carboxylic acids is 2. The number of nitrogens with zero attached hydrogens (tertiary/aromatic N) is 1. The maximum Gasteiger partial charge on any atom is 0.325 e. The number of urea groups is 1. The Hall–Kier alpha value is -1.14. The highest BCUT2D eigenvalue weighted by atomic mass is 16.3. The molecule has 6 nitrogen and oxygen atoms in total. The van der Waals surface area contributed by atoms with E-state index in [4.69, 9.17) is 0 Å². The number of quaternary nitrogens is 1. The Balaban J connectivity index is 2.65. The van der Waals surface area contributed by atoms with Crippen LogP contribution in [0.5, 0.6) is 0 Å². The van der Waals surface area contributed by atoms with Crippen LogP contribution in [0, 0.1) is 0 Å². The maximum absolute atomic E-state index is 12.1. The highest BCUT2D eigenvalue weighted by Crippen LogP contribution is 2.16. The van der Waals surface area contributed by atoms with Gasteiger partial charge in [-0.15, -0.1) is 0 Å². The van der Waals surface area contributed by atoms with Crippen LogP contribution in [0.1, 0.15) is 41.5 Å². The predicted molar refractivity (Wildman–Crippen MR) is 76.4 cm³/mol. The van der Waals surface area contributed by atoms with Gasteiger partial charge in [0.15, 0.2) is 0 Å². The van der Waals surface area contributed by atoms with E-state index in [1.165, 1.54) is 4.90 Å². The topological polar surface area (TPSA) is 74.1 Å². The Morgan fingerprint density at radius 1 is 1.20 bits per heavy atom. The van der Waals surface area contributed by atoms with Crippen LogP contribution in [-0.2, 0) is 4.79 Å². The van der Waals surface area contributed by atoms with Crippen molar-refractivity contribution in [1.82, 2.24) is 10.2 Å². The molecule has 3 amide bonds. The van der Waals surface area contributed by atoms with Crippen LogP contribution in [0.4, 0.5) is 4.79 Å². The molecule has 0 spiro atoms. The van der Waals surface area contributed by atoms with E-state index in [0.29, 0.717) is 18.6 Å². The number of carbonyl (C=O) groups is 2. The van der Waals surface area contributed by atoms with Crippen molar-refractivity contribution in [3.8, 4) is 0 Å². The monoisotopic (exact) mass is 286 g/mol. The Labute approximate surface area is 121 Å². The van der Waals surface area contributed by atoms with Crippen LogP contribution in [0.3, 0.4) is 0 Å². The summed E-state index contributed by atoms with van der Waals surface area (Å²) in [5, 5.41) is 12.8. The summed E-state index contributed by atoms with van der Waals surface area (Å²) in [6.45, 7) is 12.3. The van der Waals surface area contributed by atoms with Crippen molar-refractivity contribution >= 4 is 11.9 Å². The summed E-state index contributed by atoms with van der Waals surface area (Å²) in [7, 11) is 0. The molecule has 0 saturated carbocycles. The molecule has 6 heteroatoms. The van der Waals surface area contributed by atoms with Gasteiger partial charge >= 0.3 is 6.03 Å². The molecule has 1 aliphatic heterocycles. The van der Waals surface area contributed by atoms with Gasteiger partial charge in [-0.3, -0.25) is 9.69 Å². The predicted octanol–water partition coefficient (Wildman–Crippen LogP) is -0.621. The van der Waals surface area contributed by atoms with Gasteiger partial charge in [0, 0.05) is 0 Å². The summed E-state index contributed by atoms with van der Waals surface area (Å²) in [5.41, 5.74) is -0.876. The number of aliphatic hydroxyl groups excluding tert-OH is 1. The Morgan fingerprint density at radius 2 is 1.70 bits per heavy atom. The fourth-order valence-electron chi connectivity index (χ4n) is 2.67. The van der Waals surface area contributed by atoms with E-state index >= 15 is 0 Å². The maximum atomic E-state index is 12.1. The van der Waals surface area contributed by atoms with Crippen LogP contribution in [0.2, 0.25) is 0 Å². The lowest BCUT2D eigenvalue weighted by atomic mass is 10.1. The minimum atomic E-state index is -0.876. The standard InChI is InChI=1S/C14H27N3O3/c1-9(2)16(10(3)4)7-11(18)8-17-12(19)14(5,6)15-13(17)20/h9-11,18H,7-8H2,1-6H3,(H,15,20)/p+1/t11-/m1/s1. The zero-order valence-electron chi connectivity index (χ0n) is 13.4. The molecular formula is C14H28N3O3+. The lowest BCUT2D eigenvalue weighted by Gasteiger charge is -2.30. The molecule has 1 atom stereocenters. The molecule has 0 aliphatic carbocycles. The van der Waals surface area contributed by atoms with Gasteiger partial charge in [0.05, 0.1) is 18.6 Å². The summed E-state index contributed by atoms with van der Waals surface area (Å²) in [5.74, 6) is -0.280. The molecule has 0 aromatic carbocycles. The number of amides is 3. The normalized spacial score (nSPS) is 20.2. The van der Waals surface area contributed by atoms with E-state index in [-0.39, 0.29) is 12.5 Å². The van der Waals surface area contributed by atoms with Crippen molar-refractivity contribution in [2.45, 2.75) is 65.3 Å². The second-order valence-corrected chi connectivity index (χ2v) is 6.71. The van der Waals surface area contributed by atoms with E-state index in [2.05, 4.69) is 33.0 Å². The van der Waals surface area contributed by atoms with Crippen LogP contribution < -0.4 is 10.2 Å². The summed E-state index contributed by atoms with van der Waals surface area (Å²) < 4.78 is 0. The number of hydrogen-bond acceptors (Lipinski definition) is 3. The molecular weight excluding hydrogens is 258 g/mol.